The Bertz CT molecular complexity index is 414. The average Bonchev–Trinajstić information content (AvgIpc) is 2.29. The van der Waals surface area contributed by atoms with Crippen molar-refractivity contribution in [1.82, 2.24) is 5.16 Å². The van der Waals surface area contributed by atoms with Crippen molar-refractivity contribution in [1.29, 1.82) is 0 Å². The standard InChI is InChI=1S/C8H14N2O3S/c1-8(2,3)6-5-7(9-13-6)10-14(4,11)12/h5H,1-4H3,(H,9,10). The first-order valence-corrected chi connectivity index (χ1v) is 6.02. The molecule has 0 fully saturated rings. The van der Waals surface area contributed by atoms with Crippen LogP contribution in [0.5, 0.6) is 0 Å². The summed E-state index contributed by atoms with van der Waals surface area (Å²) >= 11 is 0. The van der Waals surface area contributed by atoms with Crippen molar-refractivity contribution in [2.75, 3.05) is 11.0 Å². The molecule has 0 bridgehead atoms. The van der Waals surface area contributed by atoms with Gasteiger partial charge >= 0.3 is 0 Å². The van der Waals surface area contributed by atoms with Gasteiger partial charge in [0.2, 0.25) is 10.0 Å². The summed E-state index contributed by atoms with van der Waals surface area (Å²) in [6.45, 7) is 5.87. The maximum absolute atomic E-state index is 10.9. The minimum atomic E-state index is -3.28. The number of hydrogen-bond donors (Lipinski definition) is 1. The fourth-order valence-corrected chi connectivity index (χ4v) is 1.34. The van der Waals surface area contributed by atoms with Crippen LogP contribution in [0.15, 0.2) is 10.6 Å². The molecule has 0 atom stereocenters. The van der Waals surface area contributed by atoms with E-state index in [2.05, 4.69) is 9.88 Å². The summed E-state index contributed by atoms with van der Waals surface area (Å²) in [6, 6.07) is 1.58. The molecule has 80 valence electrons. The van der Waals surface area contributed by atoms with Crippen molar-refractivity contribution in [3.05, 3.63) is 11.8 Å². The molecule has 1 aromatic heterocycles. The van der Waals surface area contributed by atoms with Gasteiger partial charge in [-0.3, -0.25) is 4.72 Å². The number of anilines is 1. The first-order valence-electron chi connectivity index (χ1n) is 4.13. The quantitative estimate of drug-likeness (QED) is 0.813. The van der Waals surface area contributed by atoms with Crippen LogP contribution in [0.1, 0.15) is 26.5 Å². The van der Waals surface area contributed by atoms with Crippen LogP contribution in [0.4, 0.5) is 5.82 Å². The lowest BCUT2D eigenvalue weighted by Gasteiger charge is -2.11. The van der Waals surface area contributed by atoms with Crippen molar-refractivity contribution in [2.45, 2.75) is 26.2 Å². The second-order valence-electron chi connectivity index (χ2n) is 4.20. The van der Waals surface area contributed by atoms with Gasteiger partial charge in [-0.15, -0.1) is 0 Å². The molecule has 0 saturated carbocycles. The SMILES string of the molecule is CC(C)(C)c1cc(NS(C)(=O)=O)no1. The maximum Gasteiger partial charge on any atom is 0.231 e. The Hall–Kier alpha value is -1.04. The molecule has 0 aliphatic carbocycles. The lowest BCUT2D eigenvalue weighted by molar-refractivity contribution is 0.331. The van der Waals surface area contributed by atoms with E-state index in [-0.39, 0.29) is 11.2 Å². The van der Waals surface area contributed by atoms with E-state index in [1.807, 2.05) is 20.8 Å². The predicted octanol–water partition coefficient (Wildman–Crippen LogP) is 1.34. The number of sulfonamides is 1. The summed E-state index contributed by atoms with van der Waals surface area (Å²) < 4.78 is 29.0. The van der Waals surface area contributed by atoms with E-state index in [0.29, 0.717) is 5.76 Å². The minimum Gasteiger partial charge on any atom is -0.359 e. The maximum atomic E-state index is 10.9. The molecular formula is C8H14N2O3S. The molecule has 14 heavy (non-hydrogen) atoms. The molecule has 6 heteroatoms. The number of aromatic nitrogens is 1. The predicted molar refractivity (Wildman–Crippen MR) is 53.7 cm³/mol. The highest BCUT2D eigenvalue weighted by molar-refractivity contribution is 7.92. The second-order valence-corrected chi connectivity index (χ2v) is 5.95. The molecule has 1 aromatic rings. The summed E-state index contributed by atoms with van der Waals surface area (Å²) in [5, 5.41) is 3.60. The third-order valence-electron chi connectivity index (χ3n) is 1.54. The zero-order chi connectivity index (χ0) is 11.0. The van der Waals surface area contributed by atoms with E-state index in [1.54, 1.807) is 6.07 Å². The smallest absolute Gasteiger partial charge is 0.231 e. The Labute approximate surface area is 83.5 Å². The van der Waals surface area contributed by atoms with E-state index in [1.165, 1.54) is 0 Å². The van der Waals surface area contributed by atoms with Gasteiger partial charge in [-0.2, -0.15) is 0 Å². The number of rotatable bonds is 2. The van der Waals surface area contributed by atoms with E-state index in [0.717, 1.165) is 6.26 Å². The summed E-state index contributed by atoms with van der Waals surface area (Å²) in [7, 11) is -3.28. The van der Waals surface area contributed by atoms with E-state index >= 15 is 0 Å². The summed E-state index contributed by atoms with van der Waals surface area (Å²) in [5.41, 5.74) is -0.176. The van der Waals surface area contributed by atoms with Crippen LogP contribution in [0, 0.1) is 0 Å². The van der Waals surface area contributed by atoms with Gasteiger partial charge < -0.3 is 4.52 Å². The molecule has 1 N–H and O–H groups in total. The summed E-state index contributed by atoms with van der Waals surface area (Å²) in [6.07, 6.45) is 1.07. The third kappa shape index (κ3) is 3.02. The van der Waals surface area contributed by atoms with Gasteiger partial charge in [-0.25, -0.2) is 8.42 Å². The van der Waals surface area contributed by atoms with Crippen LogP contribution < -0.4 is 4.72 Å². The summed E-state index contributed by atoms with van der Waals surface area (Å²) in [5.74, 6) is 0.862. The highest BCUT2D eigenvalue weighted by atomic mass is 32.2. The van der Waals surface area contributed by atoms with Crippen molar-refractivity contribution in [3.63, 3.8) is 0 Å². The summed E-state index contributed by atoms with van der Waals surface area (Å²) in [4.78, 5) is 0. The normalized spacial score (nSPS) is 12.9. The van der Waals surface area contributed by atoms with E-state index in [4.69, 9.17) is 4.52 Å². The second kappa shape index (κ2) is 3.27. The van der Waals surface area contributed by atoms with Crippen LogP contribution in [-0.4, -0.2) is 19.8 Å². The largest absolute Gasteiger partial charge is 0.359 e. The lowest BCUT2D eigenvalue weighted by Crippen LogP contribution is -2.10. The number of nitrogens with one attached hydrogen (secondary N) is 1. The van der Waals surface area contributed by atoms with Crippen molar-refractivity contribution in [3.8, 4) is 0 Å². The number of hydrogen-bond acceptors (Lipinski definition) is 4. The first-order chi connectivity index (χ1) is 6.18. The van der Waals surface area contributed by atoms with Gasteiger partial charge in [0.1, 0.15) is 5.76 Å². The molecule has 0 aromatic carbocycles. The van der Waals surface area contributed by atoms with Gasteiger partial charge in [-0.1, -0.05) is 25.9 Å². The van der Waals surface area contributed by atoms with Gasteiger partial charge in [0, 0.05) is 11.5 Å². The molecule has 0 unspecified atom stereocenters. The Morgan fingerprint density at radius 1 is 1.43 bits per heavy atom. The lowest BCUT2D eigenvalue weighted by atomic mass is 9.93. The monoisotopic (exact) mass is 218 g/mol. The van der Waals surface area contributed by atoms with E-state index in [9.17, 15) is 8.42 Å². The van der Waals surface area contributed by atoms with Gasteiger partial charge in [0.25, 0.3) is 0 Å². The van der Waals surface area contributed by atoms with Crippen LogP contribution in [-0.2, 0) is 15.4 Å². The average molecular weight is 218 g/mol. The Morgan fingerprint density at radius 3 is 2.36 bits per heavy atom. The Morgan fingerprint density at radius 2 is 2.00 bits per heavy atom. The van der Waals surface area contributed by atoms with Crippen molar-refractivity contribution < 1.29 is 12.9 Å². The molecule has 0 aliphatic heterocycles. The van der Waals surface area contributed by atoms with Gasteiger partial charge in [0.15, 0.2) is 5.82 Å². The highest BCUT2D eigenvalue weighted by Crippen LogP contribution is 2.24. The number of nitrogens with zero attached hydrogens (tertiary/aromatic N) is 1. The van der Waals surface area contributed by atoms with Crippen molar-refractivity contribution in [2.24, 2.45) is 0 Å². The molecule has 0 amide bonds. The molecular weight excluding hydrogens is 204 g/mol. The molecule has 0 spiro atoms. The molecule has 5 nitrogen and oxygen atoms in total. The van der Waals surface area contributed by atoms with Gasteiger partial charge in [-0.05, 0) is 0 Å². The topological polar surface area (TPSA) is 72.2 Å². The molecule has 1 heterocycles. The third-order valence-corrected chi connectivity index (χ3v) is 2.12. The Kier molecular flexibility index (Phi) is 2.58. The van der Waals surface area contributed by atoms with Crippen LogP contribution in [0.3, 0.4) is 0 Å². The van der Waals surface area contributed by atoms with E-state index < -0.39 is 10.0 Å². The molecule has 0 saturated heterocycles. The molecule has 1 rings (SSSR count). The zero-order valence-electron chi connectivity index (χ0n) is 8.66. The fourth-order valence-electron chi connectivity index (χ4n) is 0.867. The van der Waals surface area contributed by atoms with Crippen LogP contribution >= 0.6 is 0 Å². The molecule has 0 aliphatic rings. The Balaban J connectivity index is 2.90. The highest BCUT2D eigenvalue weighted by Gasteiger charge is 2.20. The van der Waals surface area contributed by atoms with Crippen LogP contribution in [0.25, 0.3) is 0 Å². The molecule has 0 radical (unpaired) electrons. The zero-order valence-corrected chi connectivity index (χ0v) is 9.47. The first kappa shape index (κ1) is 11.0. The fraction of sp³-hybridized carbons (Fsp3) is 0.625. The van der Waals surface area contributed by atoms with Crippen molar-refractivity contribution >= 4 is 15.8 Å². The minimum absolute atomic E-state index is 0.176. The van der Waals surface area contributed by atoms with Crippen LogP contribution in [0.2, 0.25) is 0 Å². The van der Waals surface area contributed by atoms with Gasteiger partial charge in [0.05, 0.1) is 6.26 Å².